The van der Waals surface area contributed by atoms with Gasteiger partial charge in [0.1, 0.15) is 5.76 Å². The zero-order valence-corrected chi connectivity index (χ0v) is 10.4. The fourth-order valence-corrected chi connectivity index (χ4v) is 2.02. The van der Waals surface area contributed by atoms with Crippen LogP contribution in [0.15, 0.2) is 10.6 Å². The monoisotopic (exact) mass is 223 g/mol. The maximum absolute atomic E-state index is 5.70. The van der Waals surface area contributed by atoms with Crippen LogP contribution >= 0.6 is 0 Å². The van der Waals surface area contributed by atoms with Crippen LogP contribution in [0.4, 0.5) is 0 Å². The Hall–Kier alpha value is -0.870. The number of oxazole rings is 1. The van der Waals surface area contributed by atoms with E-state index >= 15 is 0 Å². The van der Waals surface area contributed by atoms with Gasteiger partial charge in [0.25, 0.3) is 0 Å². The average Bonchev–Trinajstić information content (AvgIpc) is 2.87. The molecule has 1 aromatic heterocycles. The van der Waals surface area contributed by atoms with E-state index in [2.05, 4.69) is 36.1 Å². The first-order chi connectivity index (χ1) is 7.66. The number of hydrogen-bond acceptors (Lipinski definition) is 4. The second-order valence-electron chi connectivity index (χ2n) is 4.87. The van der Waals surface area contributed by atoms with Gasteiger partial charge in [-0.3, -0.25) is 4.90 Å². The highest BCUT2D eigenvalue weighted by molar-refractivity contribution is 4.99. The van der Waals surface area contributed by atoms with Crippen LogP contribution in [-0.2, 0) is 6.54 Å². The third-order valence-electron chi connectivity index (χ3n) is 3.18. The van der Waals surface area contributed by atoms with Crippen molar-refractivity contribution in [2.24, 2.45) is 0 Å². The van der Waals surface area contributed by atoms with Crippen LogP contribution in [0.25, 0.3) is 0 Å². The van der Waals surface area contributed by atoms with E-state index in [-0.39, 0.29) is 0 Å². The fraction of sp³-hybridized carbons (Fsp3) is 0.750. The molecule has 2 rings (SSSR count). The van der Waals surface area contributed by atoms with E-state index < -0.39 is 0 Å². The van der Waals surface area contributed by atoms with E-state index in [0.29, 0.717) is 12.0 Å². The number of likely N-dealkylation sites (N-methyl/N-ethyl adjacent to an activating group) is 1. The second kappa shape index (κ2) is 4.97. The first kappa shape index (κ1) is 11.6. The zero-order chi connectivity index (χ0) is 11.5. The zero-order valence-electron chi connectivity index (χ0n) is 10.4. The molecule has 2 heterocycles. The molecule has 1 atom stereocenters. The molecule has 1 N–H and O–H groups in total. The molecule has 0 amide bonds. The molecule has 1 saturated heterocycles. The van der Waals surface area contributed by atoms with Crippen molar-refractivity contribution in [3.8, 4) is 0 Å². The lowest BCUT2D eigenvalue weighted by molar-refractivity contribution is 0.222. The minimum absolute atomic E-state index is 0.416. The minimum Gasteiger partial charge on any atom is -0.444 e. The van der Waals surface area contributed by atoms with Gasteiger partial charge in [-0.15, -0.1) is 0 Å². The van der Waals surface area contributed by atoms with Crippen LogP contribution in [-0.4, -0.2) is 36.1 Å². The Morgan fingerprint density at radius 1 is 1.62 bits per heavy atom. The van der Waals surface area contributed by atoms with Crippen LogP contribution in [0.2, 0.25) is 0 Å². The third-order valence-corrected chi connectivity index (χ3v) is 3.18. The van der Waals surface area contributed by atoms with E-state index in [1.54, 1.807) is 0 Å². The summed E-state index contributed by atoms with van der Waals surface area (Å²) in [5.74, 6) is 2.23. The molecule has 1 aliphatic rings. The molecule has 0 bridgehead atoms. The van der Waals surface area contributed by atoms with Crippen molar-refractivity contribution < 1.29 is 4.42 Å². The van der Waals surface area contributed by atoms with Gasteiger partial charge in [0.05, 0.1) is 12.7 Å². The van der Waals surface area contributed by atoms with Crippen molar-refractivity contribution in [3.05, 3.63) is 17.8 Å². The van der Waals surface area contributed by atoms with Crippen molar-refractivity contribution in [2.45, 2.75) is 38.8 Å². The number of nitrogens with zero attached hydrogens (tertiary/aromatic N) is 2. The van der Waals surface area contributed by atoms with Crippen molar-refractivity contribution in [1.82, 2.24) is 15.2 Å². The highest BCUT2D eigenvalue weighted by Crippen LogP contribution is 2.17. The van der Waals surface area contributed by atoms with Gasteiger partial charge in [-0.25, -0.2) is 4.98 Å². The molecule has 4 nitrogen and oxygen atoms in total. The molecule has 1 aromatic rings. The van der Waals surface area contributed by atoms with E-state index in [0.717, 1.165) is 31.3 Å². The minimum atomic E-state index is 0.416. The predicted molar refractivity (Wildman–Crippen MR) is 63.3 cm³/mol. The molecule has 0 spiro atoms. The molecule has 4 heteroatoms. The summed E-state index contributed by atoms with van der Waals surface area (Å²) in [7, 11) is 2.14. The third kappa shape index (κ3) is 2.62. The van der Waals surface area contributed by atoms with E-state index in [1.807, 2.05) is 6.20 Å². The van der Waals surface area contributed by atoms with E-state index in [1.165, 1.54) is 6.42 Å². The Labute approximate surface area is 97.0 Å². The Morgan fingerprint density at radius 3 is 3.00 bits per heavy atom. The highest BCUT2D eigenvalue weighted by Gasteiger charge is 2.20. The number of rotatable bonds is 4. The molecular weight excluding hydrogens is 202 g/mol. The van der Waals surface area contributed by atoms with Gasteiger partial charge in [-0.2, -0.15) is 0 Å². The molecule has 1 unspecified atom stereocenters. The summed E-state index contributed by atoms with van der Waals surface area (Å²) in [5.41, 5.74) is 0. The molecule has 1 fully saturated rings. The van der Waals surface area contributed by atoms with Gasteiger partial charge in [0, 0.05) is 18.5 Å². The van der Waals surface area contributed by atoms with Gasteiger partial charge in [-0.1, -0.05) is 13.8 Å². The normalized spacial score (nSPS) is 21.2. The lowest BCUT2D eigenvalue weighted by atomic mass is 10.2. The van der Waals surface area contributed by atoms with Crippen molar-refractivity contribution in [3.63, 3.8) is 0 Å². The van der Waals surface area contributed by atoms with Gasteiger partial charge >= 0.3 is 0 Å². The summed E-state index contributed by atoms with van der Waals surface area (Å²) >= 11 is 0. The smallest absolute Gasteiger partial charge is 0.208 e. The topological polar surface area (TPSA) is 41.3 Å². The van der Waals surface area contributed by atoms with Gasteiger partial charge in [0.2, 0.25) is 5.89 Å². The Bertz CT molecular complexity index is 329. The summed E-state index contributed by atoms with van der Waals surface area (Å²) in [6.45, 7) is 7.24. The van der Waals surface area contributed by atoms with Gasteiger partial charge in [-0.05, 0) is 20.0 Å². The van der Waals surface area contributed by atoms with Gasteiger partial charge < -0.3 is 9.73 Å². The number of hydrogen-bond donors (Lipinski definition) is 1. The van der Waals surface area contributed by atoms with Crippen LogP contribution in [0, 0.1) is 0 Å². The summed E-state index contributed by atoms with van der Waals surface area (Å²) in [6.07, 6.45) is 3.06. The summed E-state index contributed by atoms with van der Waals surface area (Å²) < 4.78 is 5.70. The molecular formula is C12H21N3O. The molecule has 1 aliphatic heterocycles. The Balaban J connectivity index is 1.92. The largest absolute Gasteiger partial charge is 0.444 e. The predicted octanol–water partition coefficient (Wildman–Crippen LogP) is 1.59. The quantitative estimate of drug-likeness (QED) is 0.841. The maximum Gasteiger partial charge on any atom is 0.208 e. The molecule has 0 radical (unpaired) electrons. The standard InChI is InChI=1S/C12H21N3O/c1-9(2)11-7-14-12(16-11)8-15(3)10-4-5-13-6-10/h7,9-10,13H,4-6,8H2,1-3H3. The summed E-state index contributed by atoms with van der Waals surface area (Å²) in [6, 6.07) is 0.620. The van der Waals surface area contributed by atoms with Crippen LogP contribution in [0.1, 0.15) is 37.8 Å². The molecule has 16 heavy (non-hydrogen) atoms. The molecule has 0 aromatic carbocycles. The molecule has 0 saturated carbocycles. The second-order valence-corrected chi connectivity index (χ2v) is 4.87. The SMILES string of the molecule is CC(C)c1cnc(CN(C)C2CCNC2)o1. The van der Waals surface area contributed by atoms with E-state index in [4.69, 9.17) is 4.42 Å². The lowest BCUT2D eigenvalue weighted by Gasteiger charge is -2.21. The van der Waals surface area contributed by atoms with Crippen molar-refractivity contribution in [2.75, 3.05) is 20.1 Å². The van der Waals surface area contributed by atoms with Gasteiger partial charge in [0.15, 0.2) is 0 Å². The van der Waals surface area contributed by atoms with Crippen LogP contribution in [0.3, 0.4) is 0 Å². The average molecular weight is 223 g/mol. The fourth-order valence-electron chi connectivity index (χ4n) is 2.02. The van der Waals surface area contributed by atoms with Crippen molar-refractivity contribution in [1.29, 1.82) is 0 Å². The van der Waals surface area contributed by atoms with E-state index in [9.17, 15) is 0 Å². The maximum atomic E-state index is 5.70. The lowest BCUT2D eigenvalue weighted by Crippen LogP contribution is -2.32. The molecule has 90 valence electrons. The van der Waals surface area contributed by atoms with Crippen LogP contribution < -0.4 is 5.32 Å². The van der Waals surface area contributed by atoms with Crippen LogP contribution in [0.5, 0.6) is 0 Å². The summed E-state index contributed by atoms with van der Waals surface area (Å²) in [4.78, 5) is 6.64. The number of aromatic nitrogens is 1. The highest BCUT2D eigenvalue weighted by atomic mass is 16.4. The number of nitrogens with one attached hydrogen (secondary N) is 1. The summed E-state index contributed by atoms with van der Waals surface area (Å²) in [5, 5.41) is 3.37. The Morgan fingerprint density at radius 2 is 2.44 bits per heavy atom. The van der Waals surface area contributed by atoms with Crippen molar-refractivity contribution >= 4 is 0 Å². The Kier molecular flexibility index (Phi) is 3.61. The molecule has 0 aliphatic carbocycles. The first-order valence-corrected chi connectivity index (χ1v) is 6.02. The first-order valence-electron chi connectivity index (χ1n) is 6.02.